The van der Waals surface area contributed by atoms with Gasteiger partial charge in [0.05, 0.1) is 19.5 Å². The Hall–Kier alpha value is -2.67. The van der Waals surface area contributed by atoms with Gasteiger partial charge in [0.15, 0.2) is 0 Å². The highest BCUT2D eigenvalue weighted by molar-refractivity contribution is 5.92. The van der Waals surface area contributed by atoms with Crippen molar-refractivity contribution in [3.8, 4) is 5.75 Å². The zero-order valence-corrected chi connectivity index (χ0v) is 14.6. The molecule has 1 saturated heterocycles. The second-order valence-corrected chi connectivity index (χ2v) is 6.08. The minimum Gasteiger partial charge on any atom is -0.497 e. The van der Waals surface area contributed by atoms with Gasteiger partial charge in [-0.05, 0) is 24.7 Å². The summed E-state index contributed by atoms with van der Waals surface area (Å²) >= 11 is 0. The number of ether oxygens (including phenoxy) is 1. The summed E-state index contributed by atoms with van der Waals surface area (Å²) < 4.78 is 5.14. The molecule has 0 spiro atoms. The highest BCUT2D eigenvalue weighted by Crippen LogP contribution is 2.13. The molecule has 132 valence electrons. The normalized spacial score (nSPS) is 15.0. The maximum atomic E-state index is 12.4. The number of rotatable bonds is 5. The Morgan fingerprint density at radius 1 is 1.12 bits per heavy atom. The average molecular weight is 341 g/mol. The first-order chi connectivity index (χ1) is 12.2. The van der Waals surface area contributed by atoms with E-state index in [1.54, 1.807) is 13.3 Å². The smallest absolute Gasteiger partial charge is 0.274 e. The van der Waals surface area contributed by atoms with Crippen LogP contribution in [0.25, 0.3) is 0 Å². The molecule has 7 nitrogen and oxygen atoms in total. The molecular weight excluding hydrogens is 318 g/mol. The van der Waals surface area contributed by atoms with Crippen LogP contribution in [0.5, 0.6) is 5.75 Å². The van der Waals surface area contributed by atoms with Gasteiger partial charge in [0.2, 0.25) is 0 Å². The number of hydrogen-bond donors (Lipinski definition) is 1. The van der Waals surface area contributed by atoms with E-state index >= 15 is 0 Å². The van der Waals surface area contributed by atoms with Crippen LogP contribution in [-0.4, -0.2) is 66.0 Å². The summed E-state index contributed by atoms with van der Waals surface area (Å²) in [5.74, 6) is 1.42. The second kappa shape index (κ2) is 7.94. The van der Waals surface area contributed by atoms with Gasteiger partial charge in [-0.25, -0.2) is 9.97 Å². The summed E-state index contributed by atoms with van der Waals surface area (Å²) in [5, 5.41) is 3.20. The topological polar surface area (TPSA) is 70.6 Å². The molecule has 25 heavy (non-hydrogen) atoms. The lowest BCUT2D eigenvalue weighted by atomic mass is 10.2. The summed E-state index contributed by atoms with van der Waals surface area (Å²) in [7, 11) is 3.71. The van der Waals surface area contributed by atoms with Crippen LogP contribution in [0, 0.1) is 0 Å². The van der Waals surface area contributed by atoms with Gasteiger partial charge in [0.25, 0.3) is 5.91 Å². The van der Waals surface area contributed by atoms with Gasteiger partial charge >= 0.3 is 0 Å². The monoisotopic (exact) mass is 341 g/mol. The molecule has 0 bridgehead atoms. The van der Waals surface area contributed by atoms with Crippen molar-refractivity contribution < 1.29 is 9.53 Å². The number of amides is 1. The largest absolute Gasteiger partial charge is 0.497 e. The van der Waals surface area contributed by atoms with E-state index in [0.717, 1.165) is 37.5 Å². The Balaban J connectivity index is 1.55. The summed E-state index contributed by atoms with van der Waals surface area (Å²) in [6, 6.07) is 7.82. The number of hydrogen-bond acceptors (Lipinski definition) is 6. The van der Waals surface area contributed by atoms with E-state index in [2.05, 4.69) is 27.2 Å². The van der Waals surface area contributed by atoms with E-state index < -0.39 is 0 Å². The zero-order valence-electron chi connectivity index (χ0n) is 14.6. The lowest BCUT2D eigenvalue weighted by Gasteiger charge is -2.32. The van der Waals surface area contributed by atoms with Crippen molar-refractivity contribution in [3.63, 3.8) is 0 Å². The van der Waals surface area contributed by atoms with Crippen molar-refractivity contribution in [1.82, 2.24) is 19.8 Å². The van der Waals surface area contributed by atoms with Crippen molar-refractivity contribution in [2.24, 2.45) is 0 Å². The molecule has 0 radical (unpaired) electrons. The van der Waals surface area contributed by atoms with Crippen LogP contribution in [0.4, 0.5) is 5.82 Å². The number of carbonyl (C=O) groups is 1. The minimum absolute atomic E-state index is 0.0534. The Morgan fingerprint density at radius 3 is 2.44 bits per heavy atom. The summed E-state index contributed by atoms with van der Waals surface area (Å²) in [6.07, 6.45) is 3.14. The molecule has 0 atom stereocenters. The number of benzene rings is 1. The minimum atomic E-state index is -0.0534. The Morgan fingerprint density at radius 2 is 1.84 bits per heavy atom. The molecule has 1 aromatic heterocycles. The van der Waals surface area contributed by atoms with E-state index in [1.807, 2.05) is 29.2 Å². The third-order valence-electron chi connectivity index (χ3n) is 4.29. The molecular formula is C18H23N5O2. The van der Waals surface area contributed by atoms with Gasteiger partial charge in [0, 0.05) is 32.7 Å². The van der Waals surface area contributed by atoms with Crippen molar-refractivity contribution in [2.45, 2.75) is 6.54 Å². The van der Waals surface area contributed by atoms with Crippen LogP contribution in [0.3, 0.4) is 0 Å². The molecule has 2 heterocycles. The second-order valence-electron chi connectivity index (χ2n) is 6.08. The van der Waals surface area contributed by atoms with Gasteiger partial charge in [-0.15, -0.1) is 0 Å². The van der Waals surface area contributed by atoms with Gasteiger partial charge in [0.1, 0.15) is 17.3 Å². The van der Waals surface area contributed by atoms with E-state index in [9.17, 15) is 4.79 Å². The van der Waals surface area contributed by atoms with Crippen molar-refractivity contribution >= 4 is 11.7 Å². The maximum Gasteiger partial charge on any atom is 0.274 e. The van der Waals surface area contributed by atoms with Crippen LogP contribution >= 0.6 is 0 Å². The molecule has 7 heteroatoms. The molecule has 1 aliphatic heterocycles. The fourth-order valence-corrected chi connectivity index (χ4v) is 2.64. The molecule has 2 aromatic rings. The molecule has 1 N–H and O–H groups in total. The molecule has 1 fully saturated rings. The van der Waals surface area contributed by atoms with E-state index in [1.165, 1.54) is 6.20 Å². The SMILES string of the molecule is COc1ccc(CNc2cnc(C(=O)N3CCN(C)CC3)cn2)cc1. The lowest BCUT2D eigenvalue weighted by molar-refractivity contribution is 0.0658. The van der Waals surface area contributed by atoms with E-state index in [4.69, 9.17) is 4.74 Å². The maximum absolute atomic E-state index is 12.4. The quantitative estimate of drug-likeness (QED) is 0.888. The van der Waals surface area contributed by atoms with Crippen LogP contribution in [0.2, 0.25) is 0 Å². The molecule has 0 unspecified atom stereocenters. The first-order valence-electron chi connectivity index (χ1n) is 8.32. The molecule has 1 aromatic carbocycles. The number of nitrogens with zero attached hydrogens (tertiary/aromatic N) is 4. The van der Waals surface area contributed by atoms with Crippen molar-refractivity contribution in [3.05, 3.63) is 47.9 Å². The predicted molar refractivity (Wildman–Crippen MR) is 95.8 cm³/mol. The third-order valence-corrected chi connectivity index (χ3v) is 4.29. The highest BCUT2D eigenvalue weighted by atomic mass is 16.5. The average Bonchev–Trinajstić information content (AvgIpc) is 2.67. The third kappa shape index (κ3) is 4.45. The Bertz CT molecular complexity index is 694. The standard InChI is InChI=1S/C18H23N5O2/c1-22-7-9-23(10-8-22)18(24)16-12-21-17(13-19-16)20-11-14-3-5-15(25-2)6-4-14/h3-6,12-13H,7-11H2,1-2H3,(H,20,21). The number of nitrogens with one attached hydrogen (secondary N) is 1. The molecule has 0 saturated carbocycles. The number of carbonyl (C=O) groups excluding carboxylic acids is 1. The van der Waals surface area contributed by atoms with Gasteiger partial charge in [-0.2, -0.15) is 0 Å². The first-order valence-corrected chi connectivity index (χ1v) is 8.32. The molecule has 1 amide bonds. The van der Waals surface area contributed by atoms with Gasteiger partial charge in [-0.1, -0.05) is 12.1 Å². The van der Waals surface area contributed by atoms with E-state index in [0.29, 0.717) is 18.1 Å². The first kappa shape index (κ1) is 17.2. The highest BCUT2D eigenvalue weighted by Gasteiger charge is 2.21. The summed E-state index contributed by atoms with van der Waals surface area (Å²) in [6.45, 7) is 3.87. The Labute approximate surface area is 147 Å². The van der Waals surface area contributed by atoms with Crippen molar-refractivity contribution in [1.29, 1.82) is 0 Å². The molecule has 0 aliphatic carbocycles. The van der Waals surface area contributed by atoms with Crippen LogP contribution in [0.15, 0.2) is 36.7 Å². The van der Waals surface area contributed by atoms with Crippen LogP contribution in [-0.2, 0) is 6.54 Å². The number of piperazine rings is 1. The number of likely N-dealkylation sites (N-methyl/N-ethyl adjacent to an activating group) is 1. The number of aromatic nitrogens is 2. The molecule has 3 rings (SSSR count). The fraction of sp³-hybridized carbons (Fsp3) is 0.389. The number of methoxy groups -OCH3 is 1. The summed E-state index contributed by atoms with van der Waals surface area (Å²) in [5.41, 5.74) is 1.50. The fourth-order valence-electron chi connectivity index (χ4n) is 2.64. The number of anilines is 1. The van der Waals surface area contributed by atoms with Crippen molar-refractivity contribution in [2.75, 3.05) is 45.7 Å². The van der Waals surface area contributed by atoms with Gasteiger partial charge in [-0.3, -0.25) is 4.79 Å². The Kier molecular flexibility index (Phi) is 5.45. The summed E-state index contributed by atoms with van der Waals surface area (Å²) in [4.78, 5) is 25.0. The lowest BCUT2D eigenvalue weighted by Crippen LogP contribution is -2.47. The van der Waals surface area contributed by atoms with Gasteiger partial charge < -0.3 is 19.9 Å². The predicted octanol–water partition coefficient (Wildman–Crippen LogP) is 1.48. The van der Waals surface area contributed by atoms with E-state index in [-0.39, 0.29) is 5.91 Å². The van der Waals surface area contributed by atoms with Crippen LogP contribution in [0.1, 0.15) is 16.1 Å². The molecule has 1 aliphatic rings. The zero-order chi connectivity index (χ0) is 17.6. The van der Waals surface area contributed by atoms with Crippen LogP contribution < -0.4 is 10.1 Å².